The zero-order valence-electron chi connectivity index (χ0n) is 25.2. The Morgan fingerprint density at radius 3 is 2.63 bits per heavy atom. The number of benzene rings is 2. The molecule has 222 valence electrons. The van der Waals surface area contributed by atoms with Gasteiger partial charge in [-0.3, -0.25) is 14.5 Å². The highest BCUT2D eigenvalue weighted by atomic mass is 16.3. The largest absolute Gasteiger partial charge is 0.508 e. The Bertz CT molecular complexity index is 1250. The Morgan fingerprint density at radius 1 is 1.17 bits per heavy atom. The number of nitrogens with one attached hydrogen (secondary N) is 2. The predicted octanol–water partition coefficient (Wildman–Crippen LogP) is 3.87. The van der Waals surface area contributed by atoms with Crippen LogP contribution in [0.1, 0.15) is 70.1 Å². The molecule has 3 aliphatic rings. The average molecular weight is 561 g/mol. The molecule has 5 rings (SSSR count). The average Bonchev–Trinajstić information content (AvgIpc) is 3.67. The molecule has 1 heterocycles. The number of hydrogen-bond donors (Lipinski definition) is 4. The van der Waals surface area contributed by atoms with Gasteiger partial charge in [-0.1, -0.05) is 64.1 Å². The molecule has 2 amide bonds. The van der Waals surface area contributed by atoms with Gasteiger partial charge < -0.3 is 21.5 Å². The molecule has 2 bridgehead atoms. The summed E-state index contributed by atoms with van der Waals surface area (Å²) in [5, 5.41) is 16.4. The van der Waals surface area contributed by atoms with Gasteiger partial charge in [-0.25, -0.2) is 0 Å². The first-order chi connectivity index (χ1) is 19.6. The van der Waals surface area contributed by atoms with Crippen molar-refractivity contribution >= 4 is 11.8 Å². The van der Waals surface area contributed by atoms with E-state index in [0.29, 0.717) is 43.6 Å². The molecule has 2 aliphatic carbocycles. The lowest BCUT2D eigenvalue weighted by molar-refractivity contribution is -0.131. The maximum Gasteiger partial charge on any atom is 0.242 e. The van der Waals surface area contributed by atoms with Crippen molar-refractivity contribution in [2.24, 2.45) is 23.5 Å². The lowest BCUT2D eigenvalue weighted by atomic mass is 9.59. The van der Waals surface area contributed by atoms with Gasteiger partial charge in [0.2, 0.25) is 11.8 Å². The van der Waals surface area contributed by atoms with E-state index < -0.39 is 11.5 Å². The summed E-state index contributed by atoms with van der Waals surface area (Å²) >= 11 is 0. The van der Waals surface area contributed by atoms with Gasteiger partial charge in [-0.2, -0.15) is 0 Å². The van der Waals surface area contributed by atoms with Gasteiger partial charge in [0, 0.05) is 19.1 Å². The molecule has 41 heavy (non-hydrogen) atoms. The number of carbonyl (C=O) groups is 2. The van der Waals surface area contributed by atoms with Crippen molar-refractivity contribution in [2.45, 2.75) is 82.7 Å². The van der Waals surface area contributed by atoms with Crippen LogP contribution in [0.5, 0.6) is 5.75 Å². The highest BCUT2D eigenvalue weighted by molar-refractivity contribution is 5.95. The minimum absolute atomic E-state index is 0.0340. The molecule has 1 aliphatic heterocycles. The van der Waals surface area contributed by atoms with Gasteiger partial charge >= 0.3 is 0 Å². The van der Waals surface area contributed by atoms with Crippen LogP contribution in [0.3, 0.4) is 0 Å². The molecule has 2 fully saturated rings. The summed E-state index contributed by atoms with van der Waals surface area (Å²) in [6.07, 6.45) is 4.07. The van der Waals surface area contributed by atoms with Crippen LogP contribution in [0.4, 0.5) is 0 Å². The molecule has 0 unspecified atom stereocenters. The van der Waals surface area contributed by atoms with E-state index in [1.165, 1.54) is 11.1 Å². The van der Waals surface area contributed by atoms with E-state index in [1.54, 1.807) is 0 Å². The summed E-state index contributed by atoms with van der Waals surface area (Å²) in [7, 11) is 0. The fourth-order valence-electron chi connectivity index (χ4n) is 7.68. The number of aromatic hydroxyl groups is 1. The zero-order chi connectivity index (χ0) is 29.4. The second kappa shape index (κ2) is 11.8. The molecule has 6 atom stereocenters. The van der Waals surface area contributed by atoms with Crippen molar-refractivity contribution in [3.05, 3.63) is 65.2 Å². The Labute approximate surface area is 245 Å². The van der Waals surface area contributed by atoms with E-state index in [2.05, 4.69) is 61.4 Å². The Kier molecular flexibility index (Phi) is 8.49. The van der Waals surface area contributed by atoms with E-state index in [4.69, 9.17) is 5.73 Å². The minimum atomic E-state index is -0.629. The van der Waals surface area contributed by atoms with Crippen molar-refractivity contribution in [2.75, 3.05) is 26.2 Å². The highest BCUT2D eigenvalue weighted by Crippen LogP contribution is 2.57. The van der Waals surface area contributed by atoms with Gasteiger partial charge in [-0.15, -0.1) is 0 Å². The summed E-state index contributed by atoms with van der Waals surface area (Å²) < 4.78 is 0. The molecule has 7 heteroatoms. The number of amides is 2. The number of fused-ring (bicyclic) bond motifs is 4. The molecule has 0 spiro atoms. The Hall–Kier alpha value is -2.90. The van der Waals surface area contributed by atoms with Crippen molar-refractivity contribution in [3.63, 3.8) is 0 Å². The zero-order valence-corrected chi connectivity index (χ0v) is 25.2. The molecule has 0 aromatic heterocycles. The number of likely N-dealkylation sites (tertiary alicyclic amines) is 1. The normalized spacial score (nSPS) is 29.5. The van der Waals surface area contributed by atoms with Crippen LogP contribution >= 0.6 is 0 Å². The van der Waals surface area contributed by atoms with Gasteiger partial charge in [-0.05, 0) is 97.2 Å². The summed E-state index contributed by atoms with van der Waals surface area (Å²) in [4.78, 5) is 29.9. The van der Waals surface area contributed by atoms with Crippen molar-refractivity contribution in [1.82, 2.24) is 15.5 Å². The maximum atomic E-state index is 14.2. The Morgan fingerprint density at radius 2 is 1.93 bits per heavy atom. The summed E-state index contributed by atoms with van der Waals surface area (Å²) in [5.41, 5.74) is 8.69. The first-order valence-corrected chi connectivity index (χ1v) is 15.5. The van der Waals surface area contributed by atoms with Gasteiger partial charge in [0.25, 0.3) is 0 Å². The minimum Gasteiger partial charge on any atom is -0.508 e. The van der Waals surface area contributed by atoms with Gasteiger partial charge in [0.15, 0.2) is 0 Å². The maximum absolute atomic E-state index is 14.2. The monoisotopic (exact) mass is 560 g/mol. The molecule has 0 radical (unpaired) electrons. The van der Waals surface area contributed by atoms with E-state index in [0.717, 1.165) is 37.9 Å². The summed E-state index contributed by atoms with van der Waals surface area (Å²) in [6.45, 7) is 11.7. The first-order valence-electron chi connectivity index (χ1n) is 15.5. The third kappa shape index (κ3) is 5.63. The third-order valence-corrected chi connectivity index (χ3v) is 10.4. The van der Waals surface area contributed by atoms with E-state index in [9.17, 15) is 14.7 Å². The van der Waals surface area contributed by atoms with E-state index in [-0.39, 0.29) is 29.1 Å². The lowest BCUT2D eigenvalue weighted by Crippen LogP contribution is -2.58. The van der Waals surface area contributed by atoms with Crippen LogP contribution in [-0.2, 0) is 26.8 Å². The number of phenols is 1. The number of nitrogens with two attached hydrogens (primary N) is 1. The summed E-state index contributed by atoms with van der Waals surface area (Å²) in [6, 6.07) is 15.8. The van der Waals surface area contributed by atoms with Crippen LogP contribution < -0.4 is 16.4 Å². The Balaban J connectivity index is 1.36. The van der Waals surface area contributed by atoms with E-state index in [1.807, 2.05) is 30.3 Å². The molecule has 2 aromatic rings. The van der Waals surface area contributed by atoms with Crippen LogP contribution in [0, 0.1) is 17.8 Å². The van der Waals surface area contributed by atoms with E-state index >= 15 is 0 Å². The van der Waals surface area contributed by atoms with Crippen molar-refractivity contribution in [3.8, 4) is 5.75 Å². The number of phenolic OH excluding ortho intramolecular Hbond substituents is 1. The number of rotatable bonds is 11. The number of hydrogen-bond acceptors (Lipinski definition) is 5. The fraction of sp³-hybridized carbons (Fsp3) is 0.588. The second-order valence-corrected chi connectivity index (χ2v) is 13.4. The molecule has 2 aromatic carbocycles. The van der Waals surface area contributed by atoms with Gasteiger partial charge in [0.1, 0.15) is 11.8 Å². The van der Waals surface area contributed by atoms with Crippen molar-refractivity contribution in [1.29, 1.82) is 0 Å². The molecular formula is C34H48N4O3. The quantitative estimate of drug-likeness (QED) is 0.312. The SMILES string of the molecule is CC(C)C[C@H](NC(=O)[C@]1(c2ccccc2)C[C@@H]1CN1CC[C@@]2(C)c3cc(O)ccc3C[C@@H]1[C@H]2C)C(=O)NCCCN. The highest BCUT2D eigenvalue weighted by Gasteiger charge is 2.62. The summed E-state index contributed by atoms with van der Waals surface area (Å²) in [5.74, 6) is 1.08. The second-order valence-electron chi connectivity index (χ2n) is 13.4. The lowest BCUT2D eigenvalue weighted by Gasteiger charge is -2.55. The van der Waals surface area contributed by atoms with Crippen LogP contribution in [-0.4, -0.2) is 60.1 Å². The first kappa shape index (κ1) is 29.6. The molecule has 5 N–H and O–H groups in total. The van der Waals surface area contributed by atoms with Crippen LogP contribution in [0.15, 0.2) is 48.5 Å². The molecular weight excluding hydrogens is 512 g/mol. The standard InChI is InChI=1S/C34H48N4O3/c1-22(2)17-29(31(40)36-15-8-14-35)37-32(41)34(25-9-6-5-7-10-25)20-26(34)21-38-16-13-33(4)23(3)30(38)18-24-11-12-27(39)19-28(24)33/h5-7,9-12,19,22-23,26,29-30,39H,8,13-18,20-21,35H2,1-4H3,(H,36,40)(H,37,41)/t23-,26-,29+,30-,33-,34+/m1/s1. The van der Waals surface area contributed by atoms with Crippen LogP contribution in [0.2, 0.25) is 0 Å². The van der Waals surface area contributed by atoms with Gasteiger partial charge in [0.05, 0.1) is 5.41 Å². The fourth-order valence-corrected chi connectivity index (χ4v) is 7.68. The predicted molar refractivity (Wildman–Crippen MR) is 163 cm³/mol. The number of nitrogens with zero attached hydrogens (tertiary/aromatic N) is 1. The number of piperidine rings is 1. The van der Waals surface area contributed by atoms with Crippen LogP contribution in [0.25, 0.3) is 0 Å². The molecule has 1 saturated carbocycles. The van der Waals surface area contributed by atoms with Crippen molar-refractivity contribution < 1.29 is 14.7 Å². The third-order valence-electron chi connectivity index (χ3n) is 10.4. The smallest absolute Gasteiger partial charge is 0.242 e. The topological polar surface area (TPSA) is 108 Å². The molecule has 1 saturated heterocycles. The number of carbonyl (C=O) groups excluding carboxylic acids is 2. The molecule has 7 nitrogen and oxygen atoms in total.